The van der Waals surface area contributed by atoms with E-state index in [2.05, 4.69) is 17.0 Å². The Morgan fingerprint density at radius 2 is 2.06 bits per heavy atom. The third kappa shape index (κ3) is 2.80. The number of aliphatic hydroxyl groups excluding tert-OH is 1. The molecule has 0 amide bonds. The SMILES string of the molecule is COc1ccc(N2CCC(CO)C2)cc1.Cl. The van der Waals surface area contributed by atoms with Gasteiger partial charge in [0.15, 0.2) is 0 Å². The maximum absolute atomic E-state index is 9.07. The van der Waals surface area contributed by atoms with Crippen LogP contribution in [0.5, 0.6) is 5.75 Å². The second-order valence-electron chi connectivity index (χ2n) is 3.98. The van der Waals surface area contributed by atoms with E-state index in [-0.39, 0.29) is 12.4 Å². The van der Waals surface area contributed by atoms with Crippen molar-refractivity contribution in [2.45, 2.75) is 6.42 Å². The van der Waals surface area contributed by atoms with E-state index in [0.29, 0.717) is 12.5 Å². The first kappa shape index (κ1) is 13.1. The molecule has 0 aromatic heterocycles. The normalized spacial score (nSPS) is 19.4. The first-order valence-electron chi connectivity index (χ1n) is 5.33. The third-order valence-corrected chi connectivity index (χ3v) is 2.98. The Balaban J connectivity index is 0.00000128. The average molecular weight is 244 g/mol. The maximum Gasteiger partial charge on any atom is 0.119 e. The molecule has 0 spiro atoms. The molecule has 0 radical (unpaired) electrons. The molecule has 1 aliphatic rings. The molecule has 1 aromatic carbocycles. The molecule has 1 aliphatic heterocycles. The Bertz CT molecular complexity index is 315. The summed E-state index contributed by atoms with van der Waals surface area (Å²) in [7, 11) is 1.67. The fourth-order valence-corrected chi connectivity index (χ4v) is 2.01. The van der Waals surface area contributed by atoms with Gasteiger partial charge in [-0.2, -0.15) is 0 Å². The number of hydrogen-bond acceptors (Lipinski definition) is 3. The monoisotopic (exact) mass is 243 g/mol. The number of nitrogens with zero attached hydrogens (tertiary/aromatic N) is 1. The van der Waals surface area contributed by atoms with Crippen LogP contribution in [-0.2, 0) is 0 Å². The Morgan fingerprint density at radius 1 is 1.38 bits per heavy atom. The number of benzene rings is 1. The van der Waals surface area contributed by atoms with Gasteiger partial charge in [0.2, 0.25) is 0 Å². The van der Waals surface area contributed by atoms with Crippen LogP contribution in [0.3, 0.4) is 0 Å². The summed E-state index contributed by atoms with van der Waals surface area (Å²) in [4.78, 5) is 2.31. The second kappa shape index (κ2) is 5.97. The number of anilines is 1. The van der Waals surface area contributed by atoms with E-state index >= 15 is 0 Å². The van der Waals surface area contributed by atoms with Crippen molar-refractivity contribution < 1.29 is 9.84 Å². The lowest BCUT2D eigenvalue weighted by Gasteiger charge is -2.18. The van der Waals surface area contributed by atoms with E-state index in [1.165, 1.54) is 5.69 Å². The molecule has 1 heterocycles. The molecule has 1 fully saturated rings. The van der Waals surface area contributed by atoms with Gasteiger partial charge in [0, 0.05) is 31.3 Å². The minimum Gasteiger partial charge on any atom is -0.497 e. The lowest BCUT2D eigenvalue weighted by Crippen LogP contribution is -2.20. The third-order valence-electron chi connectivity index (χ3n) is 2.98. The van der Waals surface area contributed by atoms with Gasteiger partial charge in [0.05, 0.1) is 7.11 Å². The van der Waals surface area contributed by atoms with Crippen molar-refractivity contribution in [3.63, 3.8) is 0 Å². The summed E-state index contributed by atoms with van der Waals surface area (Å²) in [6.07, 6.45) is 1.09. The standard InChI is InChI=1S/C12H17NO2.ClH/c1-15-12-4-2-11(3-5-12)13-7-6-10(8-13)9-14;/h2-5,10,14H,6-9H2,1H3;1H. The highest BCUT2D eigenvalue weighted by molar-refractivity contribution is 5.85. The first-order valence-corrected chi connectivity index (χ1v) is 5.33. The molecule has 0 bridgehead atoms. The van der Waals surface area contributed by atoms with Crippen molar-refractivity contribution >= 4 is 18.1 Å². The average Bonchev–Trinajstić information content (AvgIpc) is 2.78. The number of methoxy groups -OCH3 is 1. The Labute approximate surface area is 102 Å². The summed E-state index contributed by atoms with van der Waals surface area (Å²) < 4.78 is 5.12. The van der Waals surface area contributed by atoms with Gasteiger partial charge < -0.3 is 14.7 Å². The zero-order valence-corrected chi connectivity index (χ0v) is 10.2. The van der Waals surface area contributed by atoms with Crippen LogP contribution in [0.25, 0.3) is 0 Å². The first-order chi connectivity index (χ1) is 7.33. The van der Waals surface area contributed by atoms with Gasteiger partial charge in [0.25, 0.3) is 0 Å². The molecule has 90 valence electrons. The second-order valence-corrected chi connectivity index (χ2v) is 3.98. The van der Waals surface area contributed by atoms with Crippen molar-refractivity contribution in [1.29, 1.82) is 0 Å². The molecule has 1 N–H and O–H groups in total. The van der Waals surface area contributed by atoms with Crippen LogP contribution in [-0.4, -0.2) is 31.9 Å². The Kier molecular flexibility index (Phi) is 4.90. The molecule has 1 aromatic rings. The van der Waals surface area contributed by atoms with Crippen LogP contribution >= 0.6 is 12.4 Å². The topological polar surface area (TPSA) is 32.7 Å². The summed E-state index contributed by atoms with van der Waals surface area (Å²) >= 11 is 0. The van der Waals surface area contributed by atoms with Gasteiger partial charge in [-0.15, -0.1) is 12.4 Å². The van der Waals surface area contributed by atoms with E-state index in [4.69, 9.17) is 9.84 Å². The molecular weight excluding hydrogens is 226 g/mol. The van der Waals surface area contributed by atoms with Crippen molar-refractivity contribution in [2.75, 3.05) is 31.7 Å². The molecule has 1 saturated heterocycles. The Morgan fingerprint density at radius 3 is 2.56 bits per heavy atom. The lowest BCUT2D eigenvalue weighted by atomic mass is 10.1. The molecule has 16 heavy (non-hydrogen) atoms. The minimum atomic E-state index is 0. The maximum atomic E-state index is 9.07. The van der Waals surface area contributed by atoms with Crippen LogP contribution in [0.4, 0.5) is 5.69 Å². The van der Waals surface area contributed by atoms with E-state index in [1.54, 1.807) is 7.11 Å². The van der Waals surface area contributed by atoms with Crippen LogP contribution < -0.4 is 9.64 Å². The van der Waals surface area contributed by atoms with Gasteiger partial charge in [-0.25, -0.2) is 0 Å². The van der Waals surface area contributed by atoms with Crippen molar-refractivity contribution in [1.82, 2.24) is 0 Å². The van der Waals surface area contributed by atoms with Crippen LogP contribution in [0, 0.1) is 5.92 Å². The molecule has 0 saturated carbocycles. The summed E-state index contributed by atoms with van der Waals surface area (Å²) in [6, 6.07) is 8.08. The number of ether oxygens (including phenoxy) is 1. The van der Waals surface area contributed by atoms with Gasteiger partial charge in [0.1, 0.15) is 5.75 Å². The predicted octanol–water partition coefficient (Wildman–Crippen LogP) is 1.94. The quantitative estimate of drug-likeness (QED) is 0.881. The van der Waals surface area contributed by atoms with Crippen molar-refractivity contribution in [3.05, 3.63) is 24.3 Å². The van der Waals surface area contributed by atoms with Crippen LogP contribution in [0.2, 0.25) is 0 Å². The Hall–Kier alpha value is -0.930. The van der Waals surface area contributed by atoms with Crippen molar-refractivity contribution in [2.24, 2.45) is 5.92 Å². The number of rotatable bonds is 3. The van der Waals surface area contributed by atoms with Gasteiger partial charge in [-0.1, -0.05) is 0 Å². The molecule has 4 heteroatoms. The zero-order chi connectivity index (χ0) is 10.7. The fourth-order valence-electron chi connectivity index (χ4n) is 2.01. The fraction of sp³-hybridized carbons (Fsp3) is 0.500. The largest absolute Gasteiger partial charge is 0.497 e. The van der Waals surface area contributed by atoms with E-state index in [9.17, 15) is 0 Å². The molecule has 2 rings (SSSR count). The zero-order valence-electron chi connectivity index (χ0n) is 9.43. The van der Waals surface area contributed by atoms with Gasteiger partial charge in [-0.05, 0) is 30.7 Å². The van der Waals surface area contributed by atoms with E-state index < -0.39 is 0 Å². The number of aliphatic hydroxyl groups is 1. The lowest BCUT2D eigenvalue weighted by molar-refractivity contribution is 0.238. The summed E-state index contributed by atoms with van der Waals surface area (Å²) in [5.74, 6) is 1.32. The smallest absolute Gasteiger partial charge is 0.119 e. The molecule has 1 unspecified atom stereocenters. The summed E-state index contributed by atoms with van der Waals surface area (Å²) in [6.45, 7) is 2.30. The summed E-state index contributed by atoms with van der Waals surface area (Å²) in [5.41, 5.74) is 1.21. The summed E-state index contributed by atoms with van der Waals surface area (Å²) in [5, 5.41) is 9.07. The number of hydrogen-bond donors (Lipinski definition) is 1. The molecular formula is C12H18ClNO2. The van der Waals surface area contributed by atoms with Crippen molar-refractivity contribution in [3.8, 4) is 5.75 Å². The van der Waals surface area contributed by atoms with Crippen LogP contribution in [0.15, 0.2) is 24.3 Å². The highest BCUT2D eigenvalue weighted by Crippen LogP contribution is 2.25. The number of halogens is 1. The molecule has 0 aliphatic carbocycles. The predicted molar refractivity (Wildman–Crippen MR) is 67.6 cm³/mol. The highest BCUT2D eigenvalue weighted by Gasteiger charge is 2.21. The molecule has 3 nitrogen and oxygen atoms in total. The molecule has 1 atom stereocenters. The minimum absolute atomic E-state index is 0. The van der Waals surface area contributed by atoms with E-state index in [0.717, 1.165) is 25.3 Å². The van der Waals surface area contributed by atoms with Gasteiger partial charge in [-0.3, -0.25) is 0 Å². The van der Waals surface area contributed by atoms with Crippen LogP contribution in [0.1, 0.15) is 6.42 Å². The van der Waals surface area contributed by atoms with E-state index in [1.807, 2.05) is 12.1 Å². The van der Waals surface area contributed by atoms with Gasteiger partial charge >= 0.3 is 0 Å². The highest BCUT2D eigenvalue weighted by atomic mass is 35.5.